The Morgan fingerprint density at radius 3 is 2.05 bits per heavy atom. The minimum atomic E-state index is -0.444. The summed E-state index contributed by atoms with van der Waals surface area (Å²) >= 11 is 0. The van der Waals surface area contributed by atoms with Crippen LogP contribution in [-0.4, -0.2) is 20.4 Å². The average molecular weight is 300 g/mol. The summed E-state index contributed by atoms with van der Waals surface area (Å²) < 4.78 is 1.63. The van der Waals surface area contributed by atoms with Crippen molar-refractivity contribution in [1.82, 2.24) is 9.55 Å². The van der Waals surface area contributed by atoms with Gasteiger partial charge in [0, 0.05) is 16.5 Å². The minimum absolute atomic E-state index is 0.0688. The number of hydrogen-bond donors (Lipinski definition) is 1. The molecule has 2 rings (SSSR count). The second-order valence-electron chi connectivity index (χ2n) is 7.56. The SMILES string of the molecule is CC(C)(C)c1nc(C(=O)c2ccccc2)n(C(C)(C)C)c1O. The molecule has 4 heteroatoms. The maximum Gasteiger partial charge on any atom is 0.228 e. The van der Waals surface area contributed by atoms with E-state index in [1.54, 1.807) is 16.7 Å². The van der Waals surface area contributed by atoms with Gasteiger partial charge in [-0.1, -0.05) is 51.1 Å². The topological polar surface area (TPSA) is 55.1 Å². The van der Waals surface area contributed by atoms with Gasteiger partial charge in [0.05, 0.1) is 0 Å². The number of rotatable bonds is 2. The predicted octanol–water partition coefficient (Wildman–Crippen LogP) is 3.87. The van der Waals surface area contributed by atoms with Crippen molar-refractivity contribution in [1.29, 1.82) is 0 Å². The number of benzene rings is 1. The first kappa shape index (κ1) is 16.3. The molecule has 0 spiro atoms. The van der Waals surface area contributed by atoms with Gasteiger partial charge in [-0.25, -0.2) is 4.98 Å². The lowest BCUT2D eigenvalue weighted by Gasteiger charge is -2.24. The monoisotopic (exact) mass is 300 g/mol. The Labute approximate surface area is 131 Å². The highest BCUT2D eigenvalue weighted by Crippen LogP contribution is 2.35. The molecule has 1 aromatic heterocycles. The average Bonchev–Trinajstić information content (AvgIpc) is 2.76. The van der Waals surface area contributed by atoms with Gasteiger partial charge in [-0.15, -0.1) is 0 Å². The minimum Gasteiger partial charge on any atom is -0.493 e. The molecule has 0 amide bonds. The van der Waals surface area contributed by atoms with E-state index in [0.717, 1.165) is 0 Å². The van der Waals surface area contributed by atoms with Crippen LogP contribution in [0.5, 0.6) is 5.88 Å². The Kier molecular flexibility index (Phi) is 3.90. The van der Waals surface area contributed by atoms with Crippen molar-refractivity contribution in [3.63, 3.8) is 0 Å². The first-order valence-corrected chi connectivity index (χ1v) is 7.46. The van der Waals surface area contributed by atoms with E-state index in [9.17, 15) is 9.90 Å². The number of nitrogens with zero attached hydrogens (tertiary/aromatic N) is 2. The molecule has 22 heavy (non-hydrogen) atoms. The Morgan fingerprint density at radius 2 is 1.59 bits per heavy atom. The van der Waals surface area contributed by atoms with Crippen LogP contribution in [0.25, 0.3) is 0 Å². The van der Waals surface area contributed by atoms with Crippen molar-refractivity contribution < 1.29 is 9.90 Å². The van der Waals surface area contributed by atoms with Crippen LogP contribution in [0, 0.1) is 0 Å². The third-order valence-electron chi connectivity index (χ3n) is 3.47. The molecule has 4 nitrogen and oxygen atoms in total. The maximum atomic E-state index is 12.8. The van der Waals surface area contributed by atoms with Crippen molar-refractivity contribution in [2.45, 2.75) is 52.5 Å². The van der Waals surface area contributed by atoms with Crippen molar-refractivity contribution in [3.05, 3.63) is 47.4 Å². The van der Waals surface area contributed by atoms with E-state index >= 15 is 0 Å². The number of carbonyl (C=O) groups is 1. The molecule has 0 fully saturated rings. The molecule has 2 aromatic rings. The van der Waals surface area contributed by atoms with E-state index in [4.69, 9.17) is 0 Å². The van der Waals surface area contributed by atoms with E-state index in [-0.39, 0.29) is 22.9 Å². The van der Waals surface area contributed by atoms with Gasteiger partial charge in [0.15, 0.2) is 5.82 Å². The van der Waals surface area contributed by atoms with Crippen LogP contribution in [0.2, 0.25) is 0 Å². The van der Waals surface area contributed by atoms with E-state index in [0.29, 0.717) is 11.3 Å². The lowest BCUT2D eigenvalue weighted by atomic mass is 9.92. The van der Waals surface area contributed by atoms with E-state index in [1.807, 2.05) is 59.7 Å². The molecule has 0 bridgehead atoms. The van der Waals surface area contributed by atoms with Gasteiger partial charge in [-0.05, 0) is 20.8 Å². The predicted molar refractivity (Wildman–Crippen MR) is 87.5 cm³/mol. The molecule has 0 aliphatic heterocycles. The number of ketones is 1. The summed E-state index contributed by atoms with van der Waals surface area (Å²) in [5.74, 6) is 0.168. The molecule has 1 N–H and O–H groups in total. The molecule has 0 aliphatic rings. The molecule has 0 unspecified atom stereocenters. The zero-order valence-corrected chi connectivity index (χ0v) is 14.1. The van der Waals surface area contributed by atoms with E-state index in [1.165, 1.54) is 0 Å². The number of hydrogen-bond acceptors (Lipinski definition) is 3. The van der Waals surface area contributed by atoms with Gasteiger partial charge >= 0.3 is 0 Å². The third kappa shape index (κ3) is 2.91. The summed E-state index contributed by atoms with van der Waals surface area (Å²) in [5, 5.41) is 10.6. The lowest BCUT2D eigenvalue weighted by Crippen LogP contribution is -2.26. The summed E-state index contributed by atoms with van der Waals surface area (Å²) in [4.78, 5) is 17.3. The van der Waals surface area contributed by atoms with Crippen LogP contribution in [0.15, 0.2) is 30.3 Å². The fourth-order valence-electron chi connectivity index (χ4n) is 2.42. The lowest BCUT2D eigenvalue weighted by molar-refractivity contribution is 0.101. The fraction of sp³-hybridized carbons (Fsp3) is 0.444. The Morgan fingerprint density at radius 1 is 1.05 bits per heavy atom. The van der Waals surface area contributed by atoms with Crippen molar-refractivity contribution >= 4 is 5.78 Å². The zero-order chi connectivity index (χ0) is 16.7. The second kappa shape index (κ2) is 5.27. The highest BCUT2D eigenvalue weighted by Gasteiger charge is 2.33. The molecule has 0 aliphatic carbocycles. The largest absolute Gasteiger partial charge is 0.493 e. The molecule has 0 saturated carbocycles. The van der Waals surface area contributed by atoms with Crippen LogP contribution < -0.4 is 0 Å². The smallest absolute Gasteiger partial charge is 0.228 e. The fourth-order valence-corrected chi connectivity index (χ4v) is 2.42. The van der Waals surface area contributed by atoms with Gasteiger partial charge in [-0.2, -0.15) is 0 Å². The van der Waals surface area contributed by atoms with Crippen molar-refractivity contribution in [2.75, 3.05) is 0 Å². The number of aromatic hydroxyl groups is 1. The Hall–Kier alpha value is -2.10. The van der Waals surface area contributed by atoms with Gasteiger partial charge in [0.25, 0.3) is 0 Å². The molecular formula is C18H24N2O2. The summed E-state index contributed by atoms with van der Waals surface area (Å²) in [6.45, 7) is 11.8. The molecule has 118 valence electrons. The summed E-state index contributed by atoms with van der Waals surface area (Å²) in [6.07, 6.45) is 0. The van der Waals surface area contributed by atoms with Gasteiger partial charge < -0.3 is 5.11 Å². The highest BCUT2D eigenvalue weighted by molar-refractivity contribution is 6.07. The van der Waals surface area contributed by atoms with Gasteiger partial charge in [-0.3, -0.25) is 9.36 Å². The Bertz CT molecular complexity index is 686. The van der Waals surface area contributed by atoms with Crippen molar-refractivity contribution in [3.8, 4) is 5.88 Å². The summed E-state index contributed by atoms with van der Waals surface area (Å²) in [7, 11) is 0. The number of carbonyl (C=O) groups excluding carboxylic acids is 1. The first-order valence-electron chi connectivity index (χ1n) is 7.46. The van der Waals surface area contributed by atoms with Crippen LogP contribution in [0.3, 0.4) is 0 Å². The highest BCUT2D eigenvalue weighted by atomic mass is 16.3. The number of imidazole rings is 1. The quantitative estimate of drug-likeness (QED) is 0.856. The molecule has 0 atom stereocenters. The van der Waals surface area contributed by atoms with E-state index < -0.39 is 5.54 Å². The molecule has 0 radical (unpaired) electrons. The molecule has 1 heterocycles. The maximum absolute atomic E-state index is 12.8. The van der Waals surface area contributed by atoms with Crippen molar-refractivity contribution in [2.24, 2.45) is 0 Å². The summed E-state index contributed by atoms with van der Waals surface area (Å²) in [5.41, 5.74) is 0.326. The third-order valence-corrected chi connectivity index (χ3v) is 3.47. The van der Waals surface area contributed by atoms with Crippen LogP contribution in [0.1, 0.15) is 63.4 Å². The normalized spacial score (nSPS) is 12.5. The standard InChI is InChI=1S/C18H24N2O2/c1-17(2,3)14-16(22)20(18(4,5)6)15(19-14)13(21)12-10-8-7-9-11-12/h7-11,22H,1-6H3. The van der Waals surface area contributed by atoms with Crippen LogP contribution >= 0.6 is 0 Å². The Balaban J connectivity index is 2.68. The zero-order valence-electron chi connectivity index (χ0n) is 14.1. The molecule has 1 aromatic carbocycles. The first-order chi connectivity index (χ1) is 10.0. The van der Waals surface area contributed by atoms with Crippen LogP contribution in [0.4, 0.5) is 0 Å². The molecule has 0 saturated heterocycles. The second-order valence-corrected chi connectivity index (χ2v) is 7.56. The molecular weight excluding hydrogens is 276 g/mol. The van der Waals surface area contributed by atoms with Gasteiger partial charge in [0.1, 0.15) is 5.69 Å². The number of aromatic nitrogens is 2. The van der Waals surface area contributed by atoms with Gasteiger partial charge in [0.2, 0.25) is 11.7 Å². The van der Waals surface area contributed by atoms with E-state index in [2.05, 4.69) is 4.98 Å². The van der Waals surface area contributed by atoms with Crippen LogP contribution in [-0.2, 0) is 11.0 Å². The summed E-state index contributed by atoms with van der Waals surface area (Å²) in [6, 6.07) is 9.03.